The third-order valence-electron chi connectivity index (χ3n) is 5.32. The summed E-state index contributed by atoms with van der Waals surface area (Å²) in [7, 11) is 2.15. The predicted octanol–water partition coefficient (Wildman–Crippen LogP) is 3.98. The van der Waals surface area contributed by atoms with Crippen LogP contribution in [0.5, 0.6) is 5.75 Å². The minimum atomic E-state index is -0.713. The Labute approximate surface area is 164 Å². The van der Waals surface area contributed by atoms with E-state index in [-0.39, 0.29) is 5.91 Å². The monoisotopic (exact) mass is 381 g/mol. The molecule has 0 bridgehead atoms. The fraction of sp³-hybridized carbons (Fsp3) is 0.364. The normalized spacial score (nSPS) is 22.3. The van der Waals surface area contributed by atoms with Gasteiger partial charge in [0.15, 0.2) is 0 Å². The number of rotatable bonds is 5. The van der Waals surface area contributed by atoms with Crippen LogP contribution in [0.2, 0.25) is 0 Å². The summed E-state index contributed by atoms with van der Waals surface area (Å²) in [6.45, 7) is 2.95. The van der Waals surface area contributed by atoms with Crippen molar-refractivity contribution in [3.8, 4) is 5.75 Å². The second kappa shape index (κ2) is 8.10. The summed E-state index contributed by atoms with van der Waals surface area (Å²) in [6, 6.07) is 12.1. The van der Waals surface area contributed by atoms with Gasteiger partial charge in [-0.25, -0.2) is 4.39 Å². The van der Waals surface area contributed by atoms with Gasteiger partial charge in [0, 0.05) is 29.9 Å². The second-order valence-electron chi connectivity index (χ2n) is 7.52. The molecule has 28 heavy (non-hydrogen) atoms. The van der Waals surface area contributed by atoms with Crippen molar-refractivity contribution in [2.75, 3.05) is 32.1 Å². The maximum Gasteiger partial charge on any atom is 0.237 e. The molecular weight excluding hydrogens is 357 g/mol. The molecule has 1 amide bonds. The first-order valence-electron chi connectivity index (χ1n) is 9.65. The Bertz CT molecular complexity index is 882. The van der Waals surface area contributed by atoms with Crippen molar-refractivity contribution in [3.63, 3.8) is 0 Å². The molecule has 1 N–H and O–H groups in total. The van der Waals surface area contributed by atoms with Crippen LogP contribution in [0.1, 0.15) is 24.3 Å². The fourth-order valence-electron chi connectivity index (χ4n) is 3.86. The molecule has 146 valence electrons. The number of hydrogen-bond donors (Lipinski definition) is 1. The zero-order valence-electron chi connectivity index (χ0n) is 15.9. The van der Waals surface area contributed by atoms with E-state index in [4.69, 9.17) is 4.74 Å². The lowest BCUT2D eigenvalue weighted by Crippen LogP contribution is -2.34. The molecule has 2 aliphatic rings. The summed E-state index contributed by atoms with van der Waals surface area (Å²) >= 11 is 0. The number of anilines is 1. The topological polar surface area (TPSA) is 53.9 Å². The lowest BCUT2D eigenvalue weighted by Gasteiger charge is -2.29. The Hall–Kier alpha value is -2.73. The molecule has 2 atom stereocenters. The van der Waals surface area contributed by atoms with Crippen LogP contribution in [0.25, 0.3) is 0 Å². The molecular formula is C22H24FN3O2. The van der Waals surface area contributed by atoms with E-state index in [1.165, 1.54) is 25.1 Å². The van der Waals surface area contributed by atoms with Gasteiger partial charge in [-0.3, -0.25) is 9.79 Å². The van der Waals surface area contributed by atoms with Crippen molar-refractivity contribution in [3.05, 3.63) is 53.8 Å². The first-order valence-corrected chi connectivity index (χ1v) is 9.65. The molecule has 0 saturated carbocycles. The third kappa shape index (κ3) is 4.07. The number of nitrogens with zero attached hydrogens (tertiary/aromatic N) is 2. The van der Waals surface area contributed by atoms with Crippen molar-refractivity contribution in [1.82, 2.24) is 4.90 Å². The molecule has 2 aliphatic heterocycles. The number of ether oxygens (including phenoxy) is 1. The van der Waals surface area contributed by atoms with Crippen LogP contribution in [-0.2, 0) is 4.79 Å². The Morgan fingerprint density at radius 1 is 1.29 bits per heavy atom. The van der Waals surface area contributed by atoms with Crippen molar-refractivity contribution in [2.45, 2.75) is 18.8 Å². The van der Waals surface area contributed by atoms with Gasteiger partial charge in [-0.2, -0.15) is 0 Å². The number of hydrogen-bond acceptors (Lipinski definition) is 4. The van der Waals surface area contributed by atoms with Gasteiger partial charge >= 0.3 is 0 Å². The SMILES string of the molecule is CN1CCCC(COc2ccc(N=CC3C(=O)Nc4cccc(F)c43)cc2)C1. The lowest BCUT2D eigenvalue weighted by molar-refractivity contribution is -0.115. The molecule has 4 rings (SSSR count). The van der Waals surface area contributed by atoms with Crippen LogP contribution in [0.4, 0.5) is 15.8 Å². The number of halogens is 1. The molecule has 6 heteroatoms. The summed E-state index contributed by atoms with van der Waals surface area (Å²) in [5.74, 6) is -0.00413. The van der Waals surface area contributed by atoms with Gasteiger partial charge in [0.05, 0.1) is 12.3 Å². The third-order valence-corrected chi connectivity index (χ3v) is 5.32. The first kappa shape index (κ1) is 18.6. The predicted molar refractivity (Wildman–Crippen MR) is 108 cm³/mol. The van der Waals surface area contributed by atoms with Crippen molar-refractivity contribution < 1.29 is 13.9 Å². The van der Waals surface area contributed by atoms with Gasteiger partial charge in [-0.05, 0) is 62.8 Å². The average Bonchev–Trinajstić information content (AvgIpc) is 3.02. The van der Waals surface area contributed by atoms with E-state index in [0.717, 1.165) is 18.8 Å². The van der Waals surface area contributed by atoms with Crippen LogP contribution >= 0.6 is 0 Å². The van der Waals surface area contributed by atoms with Crippen LogP contribution in [0, 0.1) is 11.7 Å². The van der Waals surface area contributed by atoms with Gasteiger partial charge in [0.25, 0.3) is 0 Å². The highest BCUT2D eigenvalue weighted by atomic mass is 19.1. The Morgan fingerprint density at radius 2 is 2.11 bits per heavy atom. The number of nitrogens with one attached hydrogen (secondary N) is 1. The highest BCUT2D eigenvalue weighted by Crippen LogP contribution is 2.33. The van der Waals surface area contributed by atoms with Crippen molar-refractivity contribution in [2.24, 2.45) is 10.9 Å². The largest absolute Gasteiger partial charge is 0.493 e. The second-order valence-corrected chi connectivity index (χ2v) is 7.52. The van der Waals surface area contributed by atoms with E-state index >= 15 is 0 Å². The maximum atomic E-state index is 14.1. The van der Waals surface area contributed by atoms with Crippen molar-refractivity contribution in [1.29, 1.82) is 0 Å². The number of aliphatic imine (C=N–C) groups is 1. The van der Waals surface area contributed by atoms with Gasteiger partial charge in [0.1, 0.15) is 17.5 Å². The number of piperidine rings is 1. The molecule has 5 nitrogen and oxygen atoms in total. The number of fused-ring (bicyclic) bond motifs is 1. The average molecular weight is 381 g/mol. The van der Waals surface area contributed by atoms with Crippen LogP contribution in [0.3, 0.4) is 0 Å². The van der Waals surface area contributed by atoms with E-state index in [0.29, 0.717) is 29.5 Å². The molecule has 0 aliphatic carbocycles. The number of carbonyl (C=O) groups is 1. The van der Waals surface area contributed by atoms with Gasteiger partial charge in [-0.15, -0.1) is 0 Å². The summed E-state index contributed by atoms with van der Waals surface area (Å²) in [4.78, 5) is 18.8. The molecule has 1 fully saturated rings. The molecule has 2 unspecified atom stereocenters. The van der Waals surface area contributed by atoms with Gasteiger partial charge in [-0.1, -0.05) is 6.07 Å². The summed E-state index contributed by atoms with van der Waals surface area (Å²) < 4.78 is 20.0. The lowest BCUT2D eigenvalue weighted by atomic mass is 10.00. The Balaban J connectivity index is 1.38. The van der Waals surface area contributed by atoms with Crippen molar-refractivity contribution >= 4 is 23.5 Å². The van der Waals surface area contributed by atoms with E-state index in [9.17, 15) is 9.18 Å². The molecule has 0 radical (unpaired) electrons. The quantitative estimate of drug-likeness (QED) is 0.797. The Kier molecular flexibility index (Phi) is 5.39. The molecule has 1 saturated heterocycles. The summed E-state index contributed by atoms with van der Waals surface area (Å²) in [5.41, 5.74) is 1.56. The minimum absolute atomic E-state index is 0.263. The summed E-state index contributed by atoms with van der Waals surface area (Å²) in [6.07, 6.45) is 3.92. The number of benzene rings is 2. The number of likely N-dealkylation sites (tertiary alicyclic amines) is 1. The Morgan fingerprint density at radius 3 is 2.89 bits per heavy atom. The maximum absolute atomic E-state index is 14.1. The standard InChI is InChI=1S/C22H24FN3O2/c1-26-11-3-4-15(13-26)14-28-17-9-7-16(8-10-17)24-12-18-21-19(23)5-2-6-20(21)25-22(18)27/h2,5-10,12,15,18H,3-4,11,13-14H2,1H3,(H,25,27). The highest BCUT2D eigenvalue weighted by Gasteiger charge is 2.31. The van der Waals surface area contributed by atoms with Crippen LogP contribution in [-0.4, -0.2) is 43.8 Å². The zero-order chi connectivity index (χ0) is 19.5. The van der Waals surface area contributed by atoms with E-state index < -0.39 is 11.7 Å². The molecule has 2 heterocycles. The molecule has 0 aromatic heterocycles. The number of amides is 1. The molecule has 0 spiro atoms. The van der Waals surface area contributed by atoms with E-state index in [1.54, 1.807) is 12.1 Å². The highest BCUT2D eigenvalue weighted by molar-refractivity contribution is 6.12. The molecule has 2 aromatic carbocycles. The van der Waals surface area contributed by atoms with E-state index in [2.05, 4.69) is 22.3 Å². The summed E-state index contributed by atoms with van der Waals surface area (Å²) in [5, 5.41) is 2.69. The first-order chi connectivity index (χ1) is 13.6. The zero-order valence-corrected chi connectivity index (χ0v) is 15.9. The number of carbonyl (C=O) groups excluding carboxylic acids is 1. The van der Waals surface area contributed by atoms with Crippen LogP contribution in [0.15, 0.2) is 47.5 Å². The fourth-order valence-corrected chi connectivity index (χ4v) is 3.86. The van der Waals surface area contributed by atoms with Gasteiger partial charge in [0.2, 0.25) is 5.91 Å². The molecule has 2 aromatic rings. The van der Waals surface area contributed by atoms with Gasteiger partial charge < -0.3 is 15.0 Å². The minimum Gasteiger partial charge on any atom is -0.493 e. The van der Waals surface area contributed by atoms with Crippen LogP contribution < -0.4 is 10.1 Å². The smallest absolute Gasteiger partial charge is 0.237 e. The van der Waals surface area contributed by atoms with E-state index in [1.807, 2.05) is 24.3 Å².